The van der Waals surface area contributed by atoms with Crippen molar-refractivity contribution in [3.63, 3.8) is 0 Å². The number of allylic oxidation sites excluding steroid dienone is 1. The number of ether oxygens (including phenoxy) is 2. The maximum atomic E-state index is 12.3. The van der Waals surface area contributed by atoms with Crippen LogP contribution in [0.15, 0.2) is 27.9 Å². The summed E-state index contributed by atoms with van der Waals surface area (Å²) >= 11 is 0. The van der Waals surface area contributed by atoms with Crippen LogP contribution in [-0.2, 0) is 18.7 Å². The molecule has 1 N–H and O–H groups in total. The average Bonchev–Trinajstić information content (AvgIpc) is 3.04. The fraction of sp³-hybridized carbons (Fsp3) is 0.667. The van der Waals surface area contributed by atoms with E-state index in [9.17, 15) is 14.4 Å². The van der Waals surface area contributed by atoms with Gasteiger partial charge in [-0.2, -0.15) is 0 Å². The number of hydrogen-bond donors (Lipinski definition) is 1. The molecule has 0 spiro atoms. The van der Waals surface area contributed by atoms with Gasteiger partial charge in [-0.3, -0.25) is 14.3 Å². The first-order valence-electron chi connectivity index (χ1n) is 10.2. The highest BCUT2D eigenvalue weighted by molar-refractivity contribution is 6.74. The number of nitrogens with zero attached hydrogens (tertiary/aromatic N) is 1. The second kappa shape index (κ2) is 9.45. The standard InChI is InChI=1S/C21H34N2O6Si/c1-14-12-23(20(26)22-19(14)25)17-11-15(9-8-10-18(24)27-5)16(29-17)13-28-30(6,7)21(2,3)4/h8,10,12,15-17H,9,11,13H2,1-7H3,(H,22,25,26)/b10-8+/t15-,16+,17+/m0/s1. The van der Waals surface area contributed by atoms with Gasteiger partial charge in [0, 0.05) is 17.8 Å². The molecule has 0 radical (unpaired) electrons. The number of methoxy groups -OCH3 is 1. The lowest BCUT2D eigenvalue weighted by Gasteiger charge is -2.37. The van der Waals surface area contributed by atoms with Gasteiger partial charge in [-0.15, -0.1) is 0 Å². The smallest absolute Gasteiger partial charge is 0.330 e. The fourth-order valence-corrected chi connectivity index (χ4v) is 4.11. The van der Waals surface area contributed by atoms with Crippen molar-refractivity contribution in [2.45, 2.75) is 71.0 Å². The molecule has 0 saturated carbocycles. The minimum absolute atomic E-state index is 0.0554. The summed E-state index contributed by atoms with van der Waals surface area (Å²) in [6, 6.07) is 0. The number of aryl methyl sites for hydroxylation is 1. The van der Waals surface area contributed by atoms with Crippen LogP contribution < -0.4 is 11.2 Å². The van der Waals surface area contributed by atoms with E-state index in [1.54, 1.807) is 13.0 Å². The Kier molecular flexibility index (Phi) is 7.65. The Bertz CT molecular complexity index is 896. The summed E-state index contributed by atoms with van der Waals surface area (Å²) in [7, 11) is -0.638. The molecule has 0 unspecified atom stereocenters. The number of carbonyl (C=O) groups is 1. The van der Waals surface area contributed by atoms with Crippen LogP contribution in [0.2, 0.25) is 18.1 Å². The summed E-state index contributed by atoms with van der Waals surface area (Å²) in [4.78, 5) is 37.7. The molecule has 0 aromatic carbocycles. The van der Waals surface area contributed by atoms with Crippen LogP contribution in [0, 0.1) is 12.8 Å². The highest BCUT2D eigenvalue weighted by atomic mass is 28.4. The zero-order chi connectivity index (χ0) is 22.7. The number of nitrogens with one attached hydrogen (secondary N) is 1. The van der Waals surface area contributed by atoms with Crippen molar-refractivity contribution < 1.29 is 18.7 Å². The number of esters is 1. The molecule has 2 heterocycles. The number of H-pyrrole nitrogens is 1. The number of aromatic amines is 1. The van der Waals surface area contributed by atoms with Crippen LogP contribution in [0.1, 0.15) is 45.4 Å². The summed E-state index contributed by atoms with van der Waals surface area (Å²) < 4.78 is 18.7. The molecule has 1 fully saturated rings. The average molecular weight is 439 g/mol. The van der Waals surface area contributed by atoms with Crippen molar-refractivity contribution in [1.29, 1.82) is 0 Å². The van der Waals surface area contributed by atoms with E-state index in [0.717, 1.165) is 0 Å². The molecule has 30 heavy (non-hydrogen) atoms. The largest absolute Gasteiger partial charge is 0.466 e. The summed E-state index contributed by atoms with van der Waals surface area (Å²) in [5, 5.41) is 0.0677. The van der Waals surface area contributed by atoms with Crippen molar-refractivity contribution in [2.24, 2.45) is 5.92 Å². The van der Waals surface area contributed by atoms with Crippen LogP contribution in [0.3, 0.4) is 0 Å². The summed E-state index contributed by atoms with van der Waals surface area (Å²) in [5.41, 5.74) is -0.448. The maximum absolute atomic E-state index is 12.3. The first-order chi connectivity index (χ1) is 13.9. The van der Waals surface area contributed by atoms with Crippen LogP contribution in [0.4, 0.5) is 0 Å². The molecule has 9 heteroatoms. The monoisotopic (exact) mass is 438 g/mol. The van der Waals surface area contributed by atoms with E-state index < -0.39 is 31.8 Å². The van der Waals surface area contributed by atoms with Gasteiger partial charge in [0.15, 0.2) is 8.32 Å². The first kappa shape index (κ1) is 24.3. The Hall–Kier alpha value is -1.97. The van der Waals surface area contributed by atoms with E-state index in [-0.39, 0.29) is 17.1 Å². The number of rotatable bonds is 7. The van der Waals surface area contributed by atoms with Crippen molar-refractivity contribution >= 4 is 14.3 Å². The normalized spacial score (nSPS) is 22.6. The lowest BCUT2D eigenvalue weighted by molar-refractivity contribution is -0.134. The van der Waals surface area contributed by atoms with Gasteiger partial charge in [-0.1, -0.05) is 26.8 Å². The molecule has 1 aromatic heterocycles. The maximum Gasteiger partial charge on any atom is 0.330 e. The Labute approximate surface area is 178 Å². The zero-order valence-electron chi connectivity index (χ0n) is 19.0. The fourth-order valence-electron chi connectivity index (χ4n) is 3.10. The van der Waals surface area contributed by atoms with Gasteiger partial charge in [0.05, 0.1) is 19.8 Å². The van der Waals surface area contributed by atoms with E-state index in [1.165, 1.54) is 23.9 Å². The molecule has 1 aromatic rings. The van der Waals surface area contributed by atoms with Gasteiger partial charge in [-0.25, -0.2) is 9.59 Å². The zero-order valence-corrected chi connectivity index (χ0v) is 20.0. The number of carbonyl (C=O) groups excluding carboxylic acids is 1. The molecule has 1 aliphatic rings. The molecule has 1 aliphatic heterocycles. The Balaban J connectivity index is 2.22. The van der Waals surface area contributed by atoms with Gasteiger partial charge in [-0.05, 0) is 43.8 Å². The summed E-state index contributed by atoms with van der Waals surface area (Å²) in [6.45, 7) is 13.0. The second-order valence-electron chi connectivity index (χ2n) is 9.34. The van der Waals surface area contributed by atoms with Crippen LogP contribution >= 0.6 is 0 Å². The van der Waals surface area contributed by atoms with Gasteiger partial charge < -0.3 is 13.9 Å². The molecule has 0 amide bonds. The van der Waals surface area contributed by atoms with Crippen molar-refractivity contribution in [3.05, 3.63) is 44.8 Å². The predicted molar refractivity (Wildman–Crippen MR) is 117 cm³/mol. The van der Waals surface area contributed by atoms with E-state index >= 15 is 0 Å². The molecule has 3 atom stereocenters. The third kappa shape index (κ3) is 5.80. The van der Waals surface area contributed by atoms with E-state index in [0.29, 0.717) is 25.0 Å². The molecule has 2 rings (SSSR count). The van der Waals surface area contributed by atoms with E-state index in [2.05, 4.69) is 43.6 Å². The minimum atomic E-state index is -1.97. The van der Waals surface area contributed by atoms with Crippen LogP contribution in [-0.4, -0.2) is 43.7 Å². The third-order valence-electron chi connectivity index (χ3n) is 6.13. The van der Waals surface area contributed by atoms with Crippen molar-refractivity contribution in [2.75, 3.05) is 13.7 Å². The molecular formula is C21H34N2O6Si. The summed E-state index contributed by atoms with van der Waals surface area (Å²) in [5.74, 6) is -0.355. The van der Waals surface area contributed by atoms with E-state index in [1.807, 2.05) is 0 Å². The number of hydrogen-bond acceptors (Lipinski definition) is 6. The van der Waals surface area contributed by atoms with Crippen LogP contribution in [0.5, 0.6) is 0 Å². The van der Waals surface area contributed by atoms with Crippen LogP contribution in [0.25, 0.3) is 0 Å². The quantitative estimate of drug-likeness (QED) is 0.399. The lowest BCUT2D eigenvalue weighted by Crippen LogP contribution is -2.43. The second-order valence-corrected chi connectivity index (χ2v) is 14.1. The van der Waals surface area contributed by atoms with E-state index in [4.69, 9.17) is 9.16 Å². The Morgan fingerprint density at radius 2 is 2.03 bits per heavy atom. The molecule has 0 aliphatic carbocycles. The topological polar surface area (TPSA) is 99.6 Å². The molecule has 1 saturated heterocycles. The first-order valence-corrected chi connectivity index (χ1v) is 13.1. The summed E-state index contributed by atoms with van der Waals surface area (Å²) in [6.07, 6.45) is 5.13. The Morgan fingerprint density at radius 3 is 2.63 bits per heavy atom. The third-order valence-corrected chi connectivity index (χ3v) is 10.6. The molecule has 168 valence electrons. The van der Waals surface area contributed by atoms with Crippen molar-refractivity contribution in [3.8, 4) is 0 Å². The van der Waals surface area contributed by atoms with Gasteiger partial charge >= 0.3 is 11.7 Å². The molecule has 0 bridgehead atoms. The lowest BCUT2D eigenvalue weighted by atomic mass is 9.97. The van der Waals surface area contributed by atoms with Gasteiger partial charge in [0.1, 0.15) is 6.23 Å². The van der Waals surface area contributed by atoms with Crippen molar-refractivity contribution in [1.82, 2.24) is 9.55 Å². The highest BCUT2D eigenvalue weighted by Crippen LogP contribution is 2.39. The minimum Gasteiger partial charge on any atom is -0.466 e. The van der Waals surface area contributed by atoms with Gasteiger partial charge in [0.25, 0.3) is 5.56 Å². The SMILES string of the molecule is COC(=O)/C=C/C[C@H]1C[C@H](n2cc(C)c(=O)[nH]c2=O)O[C@@H]1CO[Si](C)(C)C(C)(C)C. The predicted octanol–water partition coefficient (Wildman–Crippen LogP) is 2.89. The van der Waals surface area contributed by atoms with Gasteiger partial charge in [0.2, 0.25) is 0 Å². The highest BCUT2D eigenvalue weighted by Gasteiger charge is 2.41. The molecular weight excluding hydrogens is 404 g/mol. The molecule has 8 nitrogen and oxygen atoms in total. The number of aromatic nitrogens is 2. The Morgan fingerprint density at radius 1 is 1.37 bits per heavy atom.